The lowest BCUT2D eigenvalue weighted by molar-refractivity contribution is 0.0526. The number of phenols is 1. The third-order valence-corrected chi connectivity index (χ3v) is 5.37. The maximum Gasteiger partial charge on any atom is 0.338 e. The lowest BCUT2D eigenvalue weighted by atomic mass is 10.0. The molecule has 3 aromatic carbocycles. The number of phenolic OH excluding ortho intramolecular Hbond substituents is 1. The summed E-state index contributed by atoms with van der Waals surface area (Å²) >= 11 is 0. The topological polar surface area (TPSA) is 113 Å². The summed E-state index contributed by atoms with van der Waals surface area (Å²) in [6, 6.07) is 12.2. The summed E-state index contributed by atoms with van der Waals surface area (Å²) in [5, 5.41) is 18.1. The van der Waals surface area contributed by atoms with Gasteiger partial charge in [-0.1, -0.05) is 24.3 Å². The number of esters is 1. The number of aromatic hydroxyl groups is 1. The van der Waals surface area contributed by atoms with E-state index in [1.165, 1.54) is 0 Å². The Morgan fingerprint density at radius 3 is 2.50 bits per heavy atom. The van der Waals surface area contributed by atoms with E-state index in [0.717, 1.165) is 0 Å². The maximum atomic E-state index is 13.1. The van der Waals surface area contributed by atoms with Gasteiger partial charge in [-0.25, -0.2) is 14.8 Å². The lowest BCUT2D eigenvalue weighted by Crippen LogP contribution is -2.37. The number of fused-ring (bicyclic) bond motifs is 4. The van der Waals surface area contributed by atoms with Crippen molar-refractivity contribution in [2.45, 2.75) is 19.9 Å². The van der Waals surface area contributed by atoms with E-state index in [1.807, 2.05) is 19.1 Å². The largest absolute Gasteiger partial charge is 0.506 e. The Hall–Kier alpha value is -3.78. The van der Waals surface area contributed by atoms with Crippen LogP contribution in [0.3, 0.4) is 0 Å². The molecule has 8 nitrogen and oxygen atoms in total. The van der Waals surface area contributed by atoms with Crippen LogP contribution in [0.25, 0.3) is 32.8 Å². The van der Waals surface area contributed by atoms with E-state index in [1.54, 1.807) is 44.3 Å². The second-order valence-corrected chi connectivity index (χ2v) is 7.51. The van der Waals surface area contributed by atoms with Gasteiger partial charge in [0.05, 0.1) is 28.7 Å². The number of likely N-dealkylation sites (N-methyl/N-ethyl adjacent to an activating group) is 1. The number of hydrogen-bond acceptors (Lipinski definition) is 7. The number of rotatable bonds is 6. The van der Waals surface area contributed by atoms with Gasteiger partial charge in [0, 0.05) is 23.4 Å². The van der Waals surface area contributed by atoms with Crippen LogP contribution >= 0.6 is 0 Å². The SMILES string of the molecule is CCOC(=O)c1ccc2nc3c(nc2c1)c(C(=O)NCC(C)NC)c(O)c1ccccc13. The van der Waals surface area contributed by atoms with E-state index in [4.69, 9.17) is 9.72 Å². The van der Waals surface area contributed by atoms with Crippen LogP contribution in [0.15, 0.2) is 42.5 Å². The molecule has 0 bridgehead atoms. The summed E-state index contributed by atoms with van der Waals surface area (Å²) in [4.78, 5) is 34.6. The van der Waals surface area contributed by atoms with Gasteiger partial charge < -0.3 is 20.5 Å². The Morgan fingerprint density at radius 1 is 1.06 bits per heavy atom. The zero-order valence-electron chi connectivity index (χ0n) is 18.1. The lowest BCUT2D eigenvalue weighted by Gasteiger charge is -2.15. The van der Waals surface area contributed by atoms with E-state index in [2.05, 4.69) is 15.6 Å². The molecule has 164 valence electrons. The number of carbonyl (C=O) groups excluding carboxylic acids is 2. The van der Waals surface area contributed by atoms with Crippen molar-refractivity contribution in [2.24, 2.45) is 0 Å². The highest BCUT2D eigenvalue weighted by molar-refractivity contribution is 6.19. The molecule has 0 aliphatic carbocycles. The van der Waals surface area contributed by atoms with Gasteiger partial charge in [0.1, 0.15) is 16.8 Å². The minimum atomic E-state index is -0.461. The maximum absolute atomic E-state index is 13.1. The predicted molar refractivity (Wildman–Crippen MR) is 123 cm³/mol. The van der Waals surface area contributed by atoms with Crippen LogP contribution in [-0.4, -0.2) is 53.2 Å². The van der Waals surface area contributed by atoms with Crippen molar-refractivity contribution in [3.63, 3.8) is 0 Å². The summed E-state index contributed by atoms with van der Waals surface area (Å²) in [5.41, 5.74) is 2.16. The first-order chi connectivity index (χ1) is 15.4. The molecule has 0 aliphatic heterocycles. The minimum Gasteiger partial charge on any atom is -0.506 e. The number of nitrogens with one attached hydrogen (secondary N) is 2. The molecule has 8 heteroatoms. The Morgan fingerprint density at radius 2 is 1.78 bits per heavy atom. The van der Waals surface area contributed by atoms with Gasteiger partial charge in [0.15, 0.2) is 0 Å². The molecule has 1 atom stereocenters. The normalized spacial score (nSPS) is 12.2. The smallest absolute Gasteiger partial charge is 0.338 e. The van der Waals surface area contributed by atoms with Crippen molar-refractivity contribution in [3.8, 4) is 5.75 Å². The summed E-state index contributed by atoms with van der Waals surface area (Å²) < 4.78 is 5.07. The molecular formula is C24H24N4O4. The predicted octanol–water partition coefficient (Wildman–Crippen LogP) is 3.16. The second kappa shape index (κ2) is 8.76. The quantitative estimate of drug-likeness (QED) is 0.244. The molecule has 1 aromatic heterocycles. The molecule has 0 spiro atoms. The van der Waals surface area contributed by atoms with Gasteiger partial charge in [0.25, 0.3) is 5.91 Å². The highest BCUT2D eigenvalue weighted by Crippen LogP contribution is 2.36. The standard InChI is InChI=1S/C24H24N4O4/c1-4-32-24(31)14-9-10-17-18(11-14)28-21-19(23(30)26-12-13(2)25-3)22(29)16-8-6-5-7-15(16)20(21)27-17/h5-11,13,25,29H,4,12H2,1-3H3,(H,26,30). The fourth-order valence-corrected chi connectivity index (χ4v) is 3.55. The number of aromatic nitrogens is 2. The third-order valence-electron chi connectivity index (χ3n) is 5.37. The van der Waals surface area contributed by atoms with Crippen LogP contribution in [0.5, 0.6) is 5.75 Å². The van der Waals surface area contributed by atoms with Gasteiger partial charge in [-0.15, -0.1) is 0 Å². The molecular weight excluding hydrogens is 408 g/mol. The number of amides is 1. The molecule has 1 heterocycles. The first-order valence-electron chi connectivity index (χ1n) is 10.4. The van der Waals surface area contributed by atoms with Crippen LogP contribution in [-0.2, 0) is 4.74 Å². The van der Waals surface area contributed by atoms with E-state index in [9.17, 15) is 14.7 Å². The van der Waals surface area contributed by atoms with Crippen LogP contribution < -0.4 is 10.6 Å². The van der Waals surface area contributed by atoms with Crippen molar-refractivity contribution in [1.29, 1.82) is 0 Å². The molecule has 4 aromatic rings. The van der Waals surface area contributed by atoms with E-state index in [0.29, 0.717) is 39.4 Å². The molecule has 1 unspecified atom stereocenters. The highest BCUT2D eigenvalue weighted by atomic mass is 16.5. The van der Waals surface area contributed by atoms with Crippen LogP contribution in [0, 0.1) is 0 Å². The van der Waals surface area contributed by atoms with Gasteiger partial charge >= 0.3 is 5.97 Å². The fourth-order valence-electron chi connectivity index (χ4n) is 3.55. The van der Waals surface area contributed by atoms with Crippen molar-refractivity contribution in [1.82, 2.24) is 20.6 Å². The highest BCUT2D eigenvalue weighted by Gasteiger charge is 2.23. The average Bonchev–Trinajstić information content (AvgIpc) is 2.81. The Labute approximate surface area is 184 Å². The number of ether oxygens (including phenoxy) is 1. The van der Waals surface area contributed by atoms with Gasteiger partial charge in [-0.05, 0) is 39.1 Å². The molecule has 0 saturated carbocycles. The first-order valence-corrected chi connectivity index (χ1v) is 10.4. The molecule has 32 heavy (non-hydrogen) atoms. The zero-order chi connectivity index (χ0) is 22.8. The van der Waals surface area contributed by atoms with Gasteiger partial charge in [-0.2, -0.15) is 0 Å². The minimum absolute atomic E-state index is 0.0480. The summed E-state index contributed by atoms with van der Waals surface area (Å²) in [7, 11) is 1.80. The molecule has 1 amide bonds. The van der Waals surface area contributed by atoms with Crippen LogP contribution in [0.2, 0.25) is 0 Å². The molecule has 0 aliphatic rings. The van der Waals surface area contributed by atoms with E-state index >= 15 is 0 Å². The third kappa shape index (κ3) is 3.80. The fraction of sp³-hybridized carbons (Fsp3) is 0.250. The average molecular weight is 432 g/mol. The molecule has 4 rings (SSSR count). The number of nitrogens with zero attached hydrogens (tertiary/aromatic N) is 2. The van der Waals surface area contributed by atoms with E-state index < -0.39 is 11.9 Å². The first kappa shape index (κ1) is 21.5. The molecule has 0 saturated heterocycles. The van der Waals surface area contributed by atoms with Crippen molar-refractivity contribution >= 4 is 44.7 Å². The monoisotopic (exact) mass is 432 g/mol. The van der Waals surface area contributed by atoms with Crippen molar-refractivity contribution < 1.29 is 19.4 Å². The van der Waals surface area contributed by atoms with Crippen molar-refractivity contribution in [3.05, 3.63) is 53.6 Å². The molecule has 3 N–H and O–H groups in total. The Kier molecular flexibility index (Phi) is 5.87. The van der Waals surface area contributed by atoms with Gasteiger partial charge in [0.2, 0.25) is 0 Å². The summed E-state index contributed by atoms with van der Waals surface area (Å²) in [5.74, 6) is -1.06. The second-order valence-electron chi connectivity index (χ2n) is 7.51. The summed E-state index contributed by atoms with van der Waals surface area (Å²) in [6.07, 6.45) is 0. The van der Waals surface area contributed by atoms with E-state index in [-0.39, 0.29) is 29.5 Å². The number of hydrogen-bond donors (Lipinski definition) is 3. The van der Waals surface area contributed by atoms with Crippen molar-refractivity contribution in [2.75, 3.05) is 20.2 Å². The number of carbonyl (C=O) groups is 2. The van der Waals surface area contributed by atoms with Gasteiger partial charge in [-0.3, -0.25) is 4.79 Å². The summed E-state index contributed by atoms with van der Waals surface area (Å²) in [6.45, 7) is 4.30. The molecule has 0 radical (unpaired) electrons. The Bertz CT molecular complexity index is 1350. The number of benzene rings is 3. The van der Waals surface area contributed by atoms with Crippen LogP contribution in [0.4, 0.5) is 0 Å². The zero-order valence-corrected chi connectivity index (χ0v) is 18.1. The molecule has 0 fully saturated rings. The Balaban J connectivity index is 1.97. The van der Waals surface area contributed by atoms with Crippen LogP contribution in [0.1, 0.15) is 34.6 Å².